The summed E-state index contributed by atoms with van der Waals surface area (Å²) < 4.78 is 18.0. The molecular formula is C16H14FN5O3S. The van der Waals surface area contributed by atoms with Crippen LogP contribution in [-0.4, -0.2) is 26.9 Å². The Kier molecular flexibility index (Phi) is 5.32. The molecule has 0 spiro atoms. The number of hydrogen-bond donors (Lipinski definition) is 2. The van der Waals surface area contributed by atoms with Crippen LogP contribution < -0.4 is 11.1 Å². The monoisotopic (exact) mass is 375 g/mol. The number of anilines is 1. The van der Waals surface area contributed by atoms with E-state index in [1.807, 2.05) is 0 Å². The molecule has 26 heavy (non-hydrogen) atoms. The Morgan fingerprint density at radius 2 is 2.04 bits per heavy atom. The first kappa shape index (κ1) is 17.7. The highest BCUT2D eigenvalue weighted by Crippen LogP contribution is 2.19. The average molecular weight is 375 g/mol. The summed E-state index contributed by atoms with van der Waals surface area (Å²) in [5, 5.41) is 6.76. The van der Waals surface area contributed by atoms with Gasteiger partial charge in [0.2, 0.25) is 17.6 Å². The molecule has 0 radical (unpaired) electrons. The number of amides is 2. The van der Waals surface area contributed by atoms with Gasteiger partial charge in [-0.25, -0.2) is 9.37 Å². The van der Waals surface area contributed by atoms with Crippen molar-refractivity contribution in [3.8, 4) is 11.4 Å². The fourth-order valence-electron chi connectivity index (χ4n) is 2.10. The van der Waals surface area contributed by atoms with Crippen LogP contribution in [0.25, 0.3) is 11.4 Å². The second kappa shape index (κ2) is 7.83. The van der Waals surface area contributed by atoms with Gasteiger partial charge in [0.15, 0.2) is 5.13 Å². The molecule has 0 unspecified atom stereocenters. The summed E-state index contributed by atoms with van der Waals surface area (Å²) >= 11 is 1.02. The van der Waals surface area contributed by atoms with E-state index in [-0.39, 0.29) is 23.0 Å². The minimum Gasteiger partial charge on any atom is -0.365 e. The van der Waals surface area contributed by atoms with Crippen molar-refractivity contribution < 1.29 is 18.5 Å². The van der Waals surface area contributed by atoms with Gasteiger partial charge in [0.05, 0.1) is 6.20 Å². The van der Waals surface area contributed by atoms with Crippen LogP contribution in [0.2, 0.25) is 0 Å². The molecule has 0 saturated carbocycles. The SMILES string of the molecule is NC(=O)c1cnc(NC(=O)CCCc2nc(-c3ccc(F)cc3)no2)s1. The summed E-state index contributed by atoms with van der Waals surface area (Å²) in [6.45, 7) is 0. The van der Waals surface area contributed by atoms with Gasteiger partial charge in [-0.3, -0.25) is 9.59 Å². The first-order valence-electron chi connectivity index (χ1n) is 7.65. The molecular weight excluding hydrogens is 361 g/mol. The zero-order valence-electron chi connectivity index (χ0n) is 13.4. The number of thiazole rings is 1. The Morgan fingerprint density at radius 3 is 2.73 bits per heavy atom. The number of nitrogens with two attached hydrogens (primary N) is 1. The third-order valence-electron chi connectivity index (χ3n) is 3.36. The van der Waals surface area contributed by atoms with Crippen molar-refractivity contribution in [3.05, 3.63) is 47.0 Å². The fourth-order valence-corrected chi connectivity index (χ4v) is 2.78. The first-order valence-corrected chi connectivity index (χ1v) is 8.47. The predicted octanol–water partition coefficient (Wildman–Crippen LogP) is 2.39. The highest BCUT2D eigenvalue weighted by atomic mass is 32.1. The number of hydrogen-bond acceptors (Lipinski definition) is 7. The Balaban J connectivity index is 1.48. The molecule has 2 aromatic heterocycles. The van der Waals surface area contributed by atoms with Crippen molar-refractivity contribution in [2.45, 2.75) is 19.3 Å². The number of nitrogens with one attached hydrogen (secondary N) is 1. The largest absolute Gasteiger partial charge is 0.365 e. The molecule has 1 aromatic carbocycles. The van der Waals surface area contributed by atoms with Crippen molar-refractivity contribution in [1.82, 2.24) is 15.1 Å². The molecule has 2 amide bonds. The molecule has 10 heteroatoms. The van der Waals surface area contributed by atoms with Gasteiger partial charge in [-0.05, 0) is 30.7 Å². The van der Waals surface area contributed by atoms with Crippen LogP contribution in [0.4, 0.5) is 9.52 Å². The summed E-state index contributed by atoms with van der Waals surface area (Å²) in [7, 11) is 0. The molecule has 3 aromatic rings. The van der Waals surface area contributed by atoms with Gasteiger partial charge >= 0.3 is 0 Å². The summed E-state index contributed by atoms with van der Waals surface area (Å²) in [6.07, 6.45) is 2.45. The fraction of sp³-hybridized carbons (Fsp3) is 0.188. The number of carbonyl (C=O) groups excluding carboxylic acids is 2. The molecule has 8 nitrogen and oxygen atoms in total. The maximum atomic E-state index is 12.9. The third-order valence-corrected chi connectivity index (χ3v) is 4.29. The topological polar surface area (TPSA) is 124 Å². The molecule has 134 valence electrons. The van der Waals surface area contributed by atoms with E-state index in [1.54, 1.807) is 12.1 Å². The number of carbonyl (C=O) groups is 2. The predicted molar refractivity (Wildman–Crippen MR) is 91.9 cm³/mol. The number of aryl methyl sites for hydroxylation is 1. The average Bonchev–Trinajstić information content (AvgIpc) is 3.25. The maximum absolute atomic E-state index is 12.9. The van der Waals surface area contributed by atoms with Gasteiger partial charge in [0.25, 0.3) is 5.91 Å². The van der Waals surface area contributed by atoms with Crippen molar-refractivity contribution >= 4 is 28.3 Å². The van der Waals surface area contributed by atoms with E-state index >= 15 is 0 Å². The smallest absolute Gasteiger partial charge is 0.260 e. The molecule has 0 saturated heterocycles. The highest BCUT2D eigenvalue weighted by molar-refractivity contribution is 7.17. The van der Waals surface area contributed by atoms with Crippen LogP contribution in [-0.2, 0) is 11.2 Å². The number of benzene rings is 1. The molecule has 0 bridgehead atoms. The summed E-state index contributed by atoms with van der Waals surface area (Å²) in [5.74, 6) is -0.412. The van der Waals surface area contributed by atoms with E-state index in [0.717, 1.165) is 11.3 Å². The van der Waals surface area contributed by atoms with Gasteiger partial charge in [0, 0.05) is 18.4 Å². The van der Waals surface area contributed by atoms with Gasteiger partial charge in [-0.2, -0.15) is 4.98 Å². The summed E-state index contributed by atoms with van der Waals surface area (Å²) in [6, 6.07) is 5.76. The Bertz CT molecular complexity index is 922. The Hall–Kier alpha value is -3.14. The van der Waals surface area contributed by atoms with E-state index in [0.29, 0.717) is 35.3 Å². The minimum atomic E-state index is -0.587. The lowest BCUT2D eigenvalue weighted by atomic mass is 10.2. The lowest BCUT2D eigenvalue weighted by Gasteiger charge is -1.99. The first-order chi connectivity index (χ1) is 12.5. The van der Waals surface area contributed by atoms with E-state index in [1.165, 1.54) is 18.3 Å². The molecule has 0 aliphatic carbocycles. The van der Waals surface area contributed by atoms with Crippen molar-refractivity contribution in [1.29, 1.82) is 0 Å². The van der Waals surface area contributed by atoms with Crippen LogP contribution in [0, 0.1) is 5.82 Å². The normalized spacial score (nSPS) is 10.7. The lowest BCUT2D eigenvalue weighted by Crippen LogP contribution is -2.11. The van der Waals surface area contributed by atoms with Gasteiger partial charge in [-0.15, -0.1) is 0 Å². The number of aromatic nitrogens is 3. The zero-order valence-corrected chi connectivity index (χ0v) is 14.3. The molecule has 3 rings (SSSR count). The molecule has 0 aliphatic heterocycles. The van der Waals surface area contributed by atoms with Crippen molar-refractivity contribution in [2.75, 3.05) is 5.32 Å². The van der Waals surface area contributed by atoms with Crippen LogP contribution in [0.3, 0.4) is 0 Å². The van der Waals surface area contributed by atoms with Crippen LogP contribution in [0.5, 0.6) is 0 Å². The quantitative estimate of drug-likeness (QED) is 0.653. The number of rotatable bonds is 7. The van der Waals surface area contributed by atoms with Crippen LogP contribution in [0.1, 0.15) is 28.4 Å². The maximum Gasteiger partial charge on any atom is 0.260 e. The molecule has 0 fully saturated rings. The molecule has 0 atom stereocenters. The van der Waals surface area contributed by atoms with Gasteiger partial charge in [0.1, 0.15) is 10.7 Å². The van der Waals surface area contributed by atoms with E-state index in [2.05, 4.69) is 20.4 Å². The minimum absolute atomic E-state index is 0.222. The molecule has 2 heterocycles. The van der Waals surface area contributed by atoms with Crippen LogP contribution >= 0.6 is 11.3 Å². The summed E-state index contributed by atoms with van der Waals surface area (Å²) in [5.41, 5.74) is 5.78. The second-order valence-corrected chi connectivity index (χ2v) is 6.34. The Morgan fingerprint density at radius 1 is 1.27 bits per heavy atom. The Labute approximate surface area is 151 Å². The lowest BCUT2D eigenvalue weighted by molar-refractivity contribution is -0.116. The molecule has 3 N–H and O–H groups in total. The second-order valence-electron chi connectivity index (χ2n) is 5.31. The van der Waals surface area contributed by atoms with Crippen LogP contribution in [0.15, 0.2) is 35.0 Å². The van der Waals surface area contributed by atoms with E-state index < -0.39 is 5.91 Å². The molecule has 0 aliphatic rings. The van der Waals surface area contributed by atoms with Crippen molar-refractivity contribution in [3.63, 3.8) is 0 Å². The number of nitrogens with zero attached hydrogens (tertiary/aromatic N) is 3. The third kappa shape index (κ3) is 4.48. The van der Waals surface area contributed by atoms with E-state index in [9.17, 15) is 14.0 Å². The summed E-state index contributed by atoms with van der Waals surface area (Å²) in [4.78, 5) is 31.3. The number of primary amides is 1. The standard InChI is InChI=1S/C16H14FN5O3S/c17-10-6-4-9(5-7-10)15-21-13(25-22-15)3-1-2-12(23)20-16-19-8-11(26-16)14(18)24/h4-8H,1-3H2,(H2,18,24)(H,19,20,23). The number of halogens is 1. The van der Waals surface area contributed by atoms with Gasteiger partial charge in [-0.1, -0.05) is 16.5 Å². The highest BCUT2D eigenvalue weighted by Gasteiger charge is 2.12. The van der Waals surface area contributed by atoms with E-state index in [4.69, 9.17) is 10.3 Å². The van der Waals surface area contributed by atoms with Gasteiger partial charge < -0.3 is 15.6 Å². The zero-order chi connectivity index (χ0) is 18.5. The van der Waals surface area contributed by atoms with Crippen molar-refractivity contribution in [2.24, 2.45) is 5.73 Å².